The van der Waals surface area contributed by atoms with Crippen LogP contribution >= 0.6 is 0 Å². The quantitative estimate of drug-likeness (QED) is 0.788. The molecule has 0 heterocycles. The van der Waals surface area contributed by atoms with Crippen molar-refractivity contribution in [3.63, 3.8) is 0 Å². The second-order valence-electron chi connectivity index (χ2n) is 5.29. The van der Waals surface area contributed by atoms with Gasteiger partial charge in [0.05, 0.1) is 12.9 Å². The van der Waals surface area contributed by atoms with E-state index in [1.54, 1.807) is 7.11 Å². The van der Waals surface area contributed by atoms with Gasteiger partial charge in [0.25, 0.3) is 0 Å². The van der Waals surface area contributed by atoms with Crippen LogP contribution in [0.3, 0.4) is 0 Å². The van der Waals surface area contributed by atoms with Crippen LogP contribution in [0.4, 0.5) is 0 Å². The Morgan fingerprint density at radius 1 is 1.18 bits per heavy atom. The van der Waals surface area contributed by atoms with Gasteiger partial charge < -0.3 is 9.47 Å². The second-order valence-corrected chi connectivity index (χ2v) is 5.29. The van der Waals surface area contributed by atoms with E-state index >= 15 is 0 Å². The van der Waals surface area contributed by atoms with Crippen LogP contribution in [0.2, 0.25) is 0 Å². The normalized spacial score (nSPS) is 12.3. The summed E-state index contributed by atoms with van der Waals surface area (Å²) in [5, 5.41) is 2.13. The van der Waals surface area contributed by atoms with Gasteiger partial charge in [0, 0.05) is 0 Å². The van der Waals surface area contributed by atoms with E-state index in [4.69, 9.17) is 9.47 Å². The van der Waals surface area contributed by atoms with Crippen LogP contribution in [0.25, 0.3) is 12.7 Å². The molecule has 0 radical (unpaired) electrons. The van der Waals surface area contributed by atoms with Gasteiger partial charge in [-0.15, -0.1) is 0 Å². The Kier molecular flexibility index (Phi) is 5.42. The summed E-state index contributed by atoms with van der Waals surface area (Å²) in [6, 6.07) is 14.1. The molecule has 0 saturated heterocycles. The summed E-state index contributed by atoms with van der Waals surface area (Å²) in [5.74, 6) is 1.71. The highest BCUT2D eigenvalue weighted by Crippen LogP contribution is 2.14. The zero-order chi connectivity index (χ0) is 15.9. The van der Waals surface area contributed by atoms with E-state index in [1.807, 2.05) is 49.4 Å². The summed E-state index contributed by atoms with van der Waals surface area (Å²) in [4.78, 5) is 0. The lowest BCUT2D eigenvalue weighted by molar-refractivity contribution is 0.201. The van der Waals surface area contributed by atoms with Gasteiger partial charge in [-0.05, 0) is 48.1 Å². The van der Waals surface area contributed by atoms with Crippen molar-refractivity contribution >= 4 is 12.7 Å². The van der Waals surface area contributed by atoms with Crippen molar-refractivity contribution in [2.45, 2.75) is 20.5 Å². The molecule has 22 heavy (non-hydrogen) atoms. The summed E-state index contributed by atoms with van der Waals surface area (Å²) in [6.07, 6.45) is 4.01. The van der Waals surface area contributed by atoms with Crippen LogP contribution in [-0.2, 0) is 11.3 Å². The van der Waals surface area contributed by atoms with Crippen molar-refractivity contribution in [3.05, 3.63) is 75.9 Å². The molecule has 0 aliphatic heterocycles. The Morgan fingerprint density at radius 3 is 2.77 bits per heavy atom. The van der Waals surface area contributed by atoms with Crippen LogP contribution < -0.4 is 15.2 Å². The van der Waals surface area contributed by atoms with Gasteiger partial charge in [-0.2, -0.15) is 0 Å². The molecule has 0 amide bonds. The first-order valence-corrected chi connectivity index (χ1v) is 7.28. The minimum Gasteiger partial charge on any atom is -0.497 e. The third-order valence-corrected chi connectivity index (χ3v) is 3.40. The first kappa shape index (κ1) is 15.9. The predicted octanol–water partition coefficient (Wildman–Crippen LogP) is 3.32. The number of hydrogen-bond donors (Lipinski definition) is 0. The summed E-state index contributed by atoms with van der Waals surface area (Å²) < 4.78 is 11.0. The highest BCUT2D eigenvalue weighted by Gasteiger charge is 1.97. The highest BCUT2D eigenvalue weighted by atomic mass is 16.5. The fourth-order valence-electron chi connectivity index (χ4n) is 2.08. The molecule has 0 bridgehead atoms. The van der Waals surface area contributed by atoms with Gasteiger partial charge in [-0.25, -0.2) is 0 Å². The van der Waals surface area contributed by atoms with E-state index in [-0.39, 0.29) is 0 Å². The van der Waals surface area contributed by atoms with Crippen LogP contribution in [-0.4, -0.2) is 7.11 Å². The molecule has 0 aliphatic carbocycles. The topological polar surface area (TPSA) is 18.5 Å². The molecule has 0 saturated carbocycles. The molecule has 2 aromatic rings. The third-order valence-electron chi connectivity index (χ3n) is 3.40. The molecule has 2 nitrogen and oxygen atoms in total. The molecular weight excluding hydrogens is 272 g/mol. The number of rotatable bonds is 5. The van der Waals surface area contributed by atoms with Crippen LogP contribution in [0.5, 0.6) is 5.75 Å². The van der Waals surface area contributed by atoms with E-state index in [9.17, 15) is 0 Å². The Bertz CT molecular complexity index is 773. The van der Waals surface area contributed by atoms with Crippen molar-refractivity contribution < 1.29 is 9.47 Å². The summed E-state index contributed by atoms with van der Waals surface area (Å²) in [5.41, 5.74) is 2.31. The van der Waals surface area contributed by atoms with Crippen molar-refractivity contribution in [3.8, 4) is 5.75 Å². The summed E-state index contributed by atoms with van der Waals surface area (Å²) in [6.45, 7) is 8.59. The lowest BCUT2D eigenvalue weighted by Crippen LogP contribution is -2.22. The highest BCUT2D eigenvalue weighted by molar-refractivity contribution is 5.40. The molecule has 2 aromatic carbocycles. The SMILES string of the molecule is C=c1ccc(C)c/c1=C/C=C(\C)OCc1cccc(OC)c1. The smallest absolute Gasteiger partial charge is 0.119 e. The Morgan fingerprint density at radius 2 is 2.00 bits per heavy atom. The molecule has 114 valence electrons. The van der Waals surface area contributed by atoms with Crippen LogP contribution in [0, 0.1) is 6.92 Å². The molecule has 0 aromatic heterocycles. The first-order valence-electron chi connectivity index (χ1n) is 7.28. The van der Waals surface area contributed by atoms with E-state index < -0.39 is 0 Å². The number of aryl methyl sites for hydroxylation is 1. The largest absolute Gasteiger partial charge is 0.497 e. The number of ether oxygens (including phenoxy) is 2. The standard InChI is InChI=1S/C20H22O2/c1-15-8-9-16(2)19(12-15)11-10-17(3)22-14-18-6-5-7-20(13-18)21-4/h5-13H,2,14H2,1,3-4H3/b17-10+,19-11-. The van der Waals surface area contributed by atoms with Gasteiger partial charge in [0.1, 0.15) is 12.4 Å². The van der Waals surface area contributed by atoms with Crippen molar-refractivity contribution in [2.24, 2.45) is 0 Å². The van der Waals surface area contributed by atoms with Gasteiger partial charge in [-0.3, -0.25) is 0 Å². The number of hydrogen-bond acceptors (Lipinski definition) is 2. The number of allylic oxidation sites excluding steroid dienone is 2. The fraction of sp³-hybridized carbons (Fsp3) is 0.200. The zero-order valence-corrected chi connectivity index (χ0v) is 13.4. The summed E-state index contributed by atoms with van der Waals surface area (Å²) in [7, 11) is 1.66. The Balaban J connectivity index is 2.07. The molecule has 0 aliphatic rings. The number of methoxy groups -OCH3 is 1. The lowest BCUT2D eigenvalue weighted by atomic mass is 10.1. The minimum atomic E-state index is 0.526. The molecule has 0 spiro atoms. The van der Waals surface area contributed by atoms with Gasteiger partial charge in [0.2, 0.25) is 0 Å². The van der Waals surface area contributed by atoms with Gasteiger partial charge in [0.15, 0.2) is 0 Å². The molecule has 0 atom stereocenters. The van der Waals surface area contributed by atoms with Gasteiger partial charge >= 0.3 is 0 Å². The fourth-order valence-corrected chi connectivity index (χ4v) is 2.08. The second kappa shape index (κ2) is 7.51. The molecule has 0 unspecified atom stereocenters. The minimum absolute atomic E-state index is 0.526. The average Bonchev–Trinajstić information content (AvgIpc) is 2.54. The average molecular weight is 294 g/mol. The maximum Gasteiger partial charge on any atom is 0.119 e. The Labute approximate surface area is 132 Å². The van der Waals surface area contributed by atoms with Crippen molar-refractivity contribution in [2.75, 3.05) is 7.11 Å². The van der Waals surface area contributed by atoms with Crippen LogP contribution in [0.15, 0.2) is 54.3 Å². The maximum absolute atomic E-state index is 5.77. The van der Waals surface area contributed by atoms with E-state index in [1.165, 1.54) is 5.56 Å². The monoisotopic (exact) mass is 294 g/mol. The predicted molar refractivity (Wildman–Crippen MR) is 92.0 cm³/mol. The van der Waals surface area contributed by atoms with Crippen LogP contribution in [0.1, 0.15) is 18.1 Å². The van der Waals surface area contributed by atoms with Gasteiger partial charge in [-0.1, -0.05) is 48.6 Å². The molecule has 0 fully saturated rings. The lowest BCUT2D eigenvalue weighted by Gasteiger charge is -2.07. The van der Waals surface area contributed by atoms with Crippen molar-refractivity contribution in [1.29, 1.82) is 0 Å². The van der Waals surface area contributed by atoms with E-state index in [0.29, 0.717) is 6.61 Å². The Hall–Kier alpha value is -2.48. The molecule has 2 rings (SSSR count). The van der Waals surface area contributed by atoms with E-state index in [2.05, 4.69) is 25.6 Å². The molecular formula is C20H22O2. The summed E-state index contributed by atoms with van der Waals surface area (Å²) >= 11 is 0. The van der Waals surface area contributed by atoms with E-state index in [0.717, 1.165) is 27.5 Å². The molecule has 2 heteroatoms. The molecule has 0 N–H and O–H groups in total. The zero-order valence-electron chi connectivity index (χ0n) is 13.4. The third kappa shape index (κ3) is 4.52. The first-order chi connectivity index (χ1) is 10.6. The van der Waals surface area contributed by atoms with Crippen molar-refractivity contribution in [1.82, 2.24) is 0 Å². The maximum atomic E-state index is 5.77. The number of benzene rings is 2.